The zero-order valence-corrected chi connectivity index (χ0v) is 13.8. The molecule has 5 heteroatoms. The summed E-state index contributed by atoms with van der Waals surface area (Å²) in [5.41, 5.74) is 2.21. The fourth-order valence-electron chi connectivity index (χ4n) is 2.11. The lowest BCUT2D eigenvalue weighted by Gasteiger charge is -2.23. The Balaban J connectivity index is 0.00000220. The summed E-state index contributed by atoms with van der Waals surface area (Å²) in [6.45, 7) is 9.07. The van der Waals surface area contributed by atoms with Crippen molar-refractivity contribution in [1.29, 1.82) is 0 Å². The van der Waals surface area contributed by atoms with Crippen LogP contribution in [0.15, 0.2) is 24.4 Å². The zero-order chi connectivity index (χ0) is 14.8. The maximum Gasteiger partial charge on any atom is 0.129 e. The number of nitrogens with one attached hydrogen (secondary N) is 2. The molecule has 2 rings (SSSR count). The molecule has 0 radical (unpaired) electrons. The predicted octanol–water partition coefficient (Wildman–Crippen LogP) is -0.392. The molecule has 21 heavy (non-hydrogen) atoms. The van der Waals surface area contributed by atoms with Crippen LogP contribution in [0.4, 0.5) is 0 Å². The fourth-order valence-corrected chi connectivity index (χ4v) is 2.11. The Labute approximate surface area is 132 Å². The molecule has 1 heterocycles. The Morgan fingerprint density at radius 1 is 1.33 bits per heavy atom. The molecular weight excluding hydrogens is 288 g/mol. The number of aryl methyl sites for hydroxylation is 1. The number of halogens is 1. The average Bonchev–Trinajstić information content (AvgIpc) is 2.76. The highest BCUT2D eigenvalue weighted by molar-refractivity contribution is 5.89. The first-order chi connectivity index (χ1) is 9.37. The van der Waals surface area contributed by atoms with Crippen molar-refractivity contribution < 1.29 is 22.3 Å². The van der Waals surface area contributed by atoms with E-state index in [1.165, 1.54) is 0 Å². The van der Waals surface area contributed by atoms with E-state index in [0.717, 1.165) is 22.2 Å². The lowest BCUT2D eigenvalue weighted by molar-refractivity contribution is -0.00000644. The van der Waals surface area contributed by atoms with Crippen LogP contribution in [0.1, 0.15) is 26.3 Å². The van der Waals surface area contributed by atoms with Gasteiger partial charge in [-0.05, 0) is 45.4 Å². The molecule has 3 N–H and O–H groups in total. The van der Waals surface area contributed by atoms with E-state index in [2.05, 4.69) is 31.1 Å². The summed E-state index contributed by atoms with van der Waals surface area (Å²) in [6, 6.07) is 5.91. The Hall–Kier alpha value is -1.23. The third-order valence-corrected chi connectivity index (χ3v) is 3.16. The van der Waals surface area contributed by atoms with Crippen molar-refractivity contribution in [2.75, 3.05) is 13.2 Å². The van der Waals surface area contributed by atoms with Crippen molar-refractivity contribution in [3.63, 3.8) is 0 Å². The Morgan fingerprint density at radius 2 is 2.05 bits per heavy atom. The summed E-state index contributed by atoms with van der Waals surface area (Å²) in [4.78, 5) is 3.21. The molecule has 1 unspecified atom stereocenters. The van der Waals surface area contributed by atoms with Gasteiger partial charge >= 0.3 is 0 Å². The van der Waals surface area contributed by atoms with Crippen LogP contribution in [0.2, 0.25) is 0 Å². The number of β-amino-alcohol motifs (C(OH)–C–C–N with tert-alkyl or cyclic N) is 1. The Kier molecular flexibility index (Phi) is 6.08. The van der Waals surface area contributed by atoms with Crippen molar-refractivity contribution in [2.24, 2.45) is 0 Å². The lowest BCUT2D eigenvalue weighted by Crippen LogP contribution is -3.00. The summed E-state index contributed by atoms with van der Waals surface area (Å²) >= 11 is 0. The van der Waals surface area contributed by atoms with Crippen LogP contribution in [0.25, 0.3) is 10.9 Å². The molecule has 2 aromatic rings. The van der Waals surface area contributed by atoms with Crippen LogP contribution in [-0.2, 0) is 0 Å². The van der Waals surface area contributed by atoms with Gasteiger partial charge in [-0.25, -0.2) is 0 Å². The number of aromatic amines is 1. The highest BCUT2D eigenvalue weighted by Gasteiger charge is 2.13. The first kappa shape index (κ1) is 17.8. The second kappa shape index (κ2) is 7.16. The minimum atomic E-state index is -0.524. The summed E-state index contributed by atoms with van der Waals surface area (Å²) in [5, 5.41) is 14.3. The van der Waals surface area contributed by atoms with Crippen LogP contribution in [-0.4, -0.2) is 34.9 Å². The number of ether oxygens (including phenoxy) is 1. The van der Waals surface area contributed by atoms with E-state index in [9.17, 15) is 5.11 Å². The summed E-state index contributed by atoms with van der Waals surface area (Å²) in [6.07, 6.45) is 1.44. The number of benzene rings is 1. The number of H-pyrrole nitrogens is 1. The first-order valence-corrected chi connectivity index (χ1v) is 6.99. The zero-order valence-electron chi connectivity index (χ0n) is 13.0. The number of aliphatic hydroxyl groups is 1. The molecule has 1 aromatic carbocycles. The molecule has 0 saturated heterocycles. The average molecular weight is 312 g/mol. The molecule has 0 bridgehead atoms. The van der Waals surface area contributed by atoms with Gasteiger partial charge < -0.3 is 32.6 Å². The second-order valence-electron chi connectivity index (χ2n) is 6.25. The van der Waals surface area contributed by atoms with Gasteiger partial charge in [0.2, 0.25) is 0 Å². The topological polar surface area (TPSA) is 57.3 Å². The molecule has 0 aliphatic carbocycles. The fraction of sp³-hybridized carbons (Fsp3) is 0.500. The van der Waals surface area contributed by atoms with Gasteiger partial charge in [-0.15, -0.1) is 0 Å². The van der Waals surface area contributed by atoms with Crippen molar-refractivity contribution in [3.05, 3.63) is 30.0 Å². The van der Waals surface area contributed by atoms with Crippen LogP contribution in [0.3, 0.4) is 0 Å². The third kappa shape index (κ3) is 4.92. The van der Waals surface area contributed by atoms with Gasteiger partial charge in [0, 0.05) is 29.2 Å². The molecule has 0 aliphatic rings. The minimum Gasteiger partial charge on any atom is -1.00 e. The van der Waals surface area contributed by atoms with E-state index in [1.54, 1.807) is 0 Å². The van der Waals surface area contributed by atoms with Gasteiger partial charge in [0.05, 0.1) is 0 Å². The van der Waals surface area contributed by atoms with Crippen LogP contribution in [0, 0.1) is 6.92 Å². The van der Waals surface area contributed by atoms with Gasteiger partial charge in [-0.3, -0.25) is 0 Å². The van der Waals surface area contributed by atoms with Gasteiger partial charge in [0.15, 0.2) is 0 Å². The molecule has 4 nitrogen and oxygen atoms in total. The second-order valence-corrected chi connectivity index (χ2v) is 6.25. The van der Waals surface area contributed by atoms with Crippen molar-refractivity contribution in [2.45, 2.75) is 39.3 Å². The normalized spacial score (nSPS) is 13.0. The van der Waals surface area contributed by atoms with Gasteiger partial charge in [-0.1, -0.05) is 6.07 Å². The van der Waals surface area contributed by atoms with Gasteiger partial charge in [0.25, 0.3) is 0 Å². The van der Waals surface area contributed by atoms with E-state index in [-0.39, 0.29) is 24.6 Å². The lowest BCUT2D eigenvalue weighted by atomic mass is 10.1. The van der Waals surface area contributed by atoms with Gasteiger partial charge in [-0.2, -0.15) is 0 Å². The molecule has 0 spiro atoms. The standard InChI is InChI=1S/C16H24N2O2.ClH/c1-11-8-17-13-6-5-7-14(15(11)13)20-10-12(19)9-18-16(2,3)4;/h5-8,12,17-19H,9-10H2,1-4H3;1H/p-1. The maximum atomic E-state index is 9.97. The Bertz CT molecular complexity index is 575. The molecule has 0 saturated carbocycles. The molecule has 0 amide bonds. The van der Waals surface area contributed by atoms with E-state index < -0.39 is 6.10 Å². The quantitative estimate of drug-likeness (QED) is 0.705. The van der Waals surface area contributed by atoms with Crippen molar-refractivity contribution in [3.8, 4) is 5.75 Å². The van der Waals surface area contributed by atoms with Crippen molar-refractivity contribution in [1.82, 2.24) is 10.3 Å². The Morgan fingerprint density at radius 3 is 2.71 bits per heavy atom. The number of hydrogen-bond acceptors (Lipinski definition) is 3. The van der Waals surface area contributed by atoms with Crippen LogP contribution >= 0.6 is 0 Å². The highest BCUT2D eigenvalue weighted by Crippen LogP contribution is 2.28. The number of rotatable bonds is 5. The number of fused-ring (bicyclic) bond motifs is 1. The van der Waals surface area contributed by atoms with E-state index in [0.29, 0.717) is 6.54 Å². The van der Waals surface area contributed by atoms with Crippen LogP contribution < -0.4 is 22.5 Å². The summed E-state index contributed by atoms with van der Waals surface area (Å²) < 4.78 is 5.78. The predicted molar refractivity (Wildman–Crippen MR) is 82.3 cm³/mol. The molecule has 0 aliphatic heterocycles. The van der Waals surface area contributed by atoms with E-state index in [1.807, 2.05) is 31.3 Å². The minimum absolute atomic E-state index is 0. The molecule has 1 atom stereocenters. The first-order valence-electron chi connectivity index (χ1n) is 6.99. The number of aromatic nitrogens is 1. The van der Waals surface area contributed by atoms with Crippen molar-refractivity contribution >= 4 is 10.9 Å². The third-order valence-electron chi connectivity index (χ3n) is 3.16. The summed E-state index contributed by atoms with van der Waals surface area (Å²) in [7, 11) is 0. The molecule has 1 aromatic heterocycles. The van der Waals surface area contributed by atoms with E-state index >= 15 is 0 Å². The monoisotopic (exact) mass is 311 g/mol. The molecule has 0 fully saturated rings. The van der Waals surface area contributed by atoms with Crippen LogP contribution in [0.5, 0.6) is 5.75 Å². The molecule has 118 valence electrons. The van der Waals surface area contributed by atoms with Gasteiger partial charge in [0.1, 0.15) is 18.5 Å². The SMILES string of the molecule is Cc1c[nH]c2cccc(OCC(O)CNC(C)(C)C)c12.[Cl-]. The largest absolute Gasteiger partial charge is 1.00 e. The number of aliphatic hydroxyl groups excluding tert-OH is 1. The highest BCUT2D eigenvalue weighted by atomic mass is 35.5. The maximum absolute atomic E-state index is 9.97. The molecular formula is C16H24ClN2O2-. The van der Waals surface area contributed by atoms with E-state index in [4.69, 9.17) is 4.74 Å². The summed E-state index contributed by atoms with van der Waals surface area (Å²) in [5.74, 6) is 0.816. The number of hydrogen-bond donors (Lipinski definition) is 3. The smallest absolute Gasteiger partial charge is 0.129 e.